The third-order valence-electron chi connectivity index (χ3n) is 4.52. The number of hydrogen-bond donors (Lipinski definition) is 2. The average molecular weight is 384 g/mol. The van der Waals surface area contributed by atoms with E-state index in [0.29, 0.717) is 23.5 Å². The lowest BCUT2D eigenvalue weighted by Crippen LogP contribution is -2.42. The van der Waals surface area contributed by atoms with E-state index in [9.17, 15) is 4.79 Å². The van der Waals surface area contributed by atoms with E-state index in [1.165, 1.54) is 11.3 Å². The highest BCUT2D eigenvalue weighted by Crippen LogP contribution is 2.17. The summed E-state index contributed by atoms with van der Waals surface area (Å²) in [7, 11) is 0. The van der Waals surface area contributed by atoms with Gasteiger partial charge in [0.25, 0.3) is 5.91 Å². The van der Waals surface area contributed by atoms with Crippen molar-refractivity contribution in [3.05, 3.63) is 11.1 Å². The maximum absolute atomic E-state index is 12.3. The van der Waals surface area contributed by atoms with Gasteiger partial charge in [0, 0.05) is 51.4 Å². The van der Waals surface area contributed by atoms with E-state index in [1.54, 1.807) is 6.20 Å². The largest absolute Gasteiger partial charge is 0.379 e. The summed E-state index contributed by atoms with van der Waals surface area (Å²) in [4.78, 5) is 22.0. The molecule has 0 radical (unpaired) electrons. The monoisotopic (exact) mass is 383 g/mol. The molecule has 1 fully saturated rings. The Bertz CT molecular complexity index is 535. The minimum Gasteiger partial charge on any atom is -0.379 e. The number of hydrogen-bond acceptors (Lipinski definition) is 7. The van der Waals surface area contributed by atoms with Crippen LogP contribution in [0.2, 0.25) is 0 Å². The fourth-order valence-corrected chi connectivity index (χ4v) is 3.86. The second-order valence-corrected chi connectivity index (χ2v) is 8.12. The number of aromatic nitrogens is 1. The van der Waals surface area contributed by atoms with Crippen LogP contribution in [0.5, 0.6) is 0 Å². The second kappa shape index (κ2) is 10.8. The smallest absolute Gasteiger partial charge is 0.263 e. The van der Waals surface area contributed by atoms with Crippen LogP contribution < -0.4 is 10.6 Å². The van der Waals surface area contributed by atoms with Crippen molar-refractivity contribution in [1.82, 2.24) is 20.1 Å². The van der Waals surface area contributed by atoms with Crippen LogP contribution in [0.25, 0.3) is 0 Å². The third-order valence-corrected chi connectivity index (χ3v) is 5.47. The van der Waals surface area contributed by atoms with Crippen LogP contribution in [0.3, 0.4) is 0 Å². The second-order valence-electron chi connectivity index (χ2n) is 7.09. The van der Waals surface area contributed by atoms with Gasteiger partial charge in [0.1, 0.15) is 4.88 Å². The van der Waals surface area contributed by atoms with Crippen molar-refractivity contribution in [2.24, 2.45) is 0 Å². The van der Waals surface area contributed by atoms with E-state index in [1.807, 2.05) is 0 Å². The molecule has 0 aliphatic carbocycles. The number of amides is 1. The molecule has 26 heavy (non-hydrogen) atoms. The summed E-state index contributed by atoms with van der Waals surface area (Å²) in [6.45, 7) is 15.6. The molecule has 0 bridgehead atoms. The summed E-state index contributed by atoms with van der Waals surface area (Å²) in [5.74, 6) is -0.0452. The van der Waals surface area contributed by atoms with Crippen molar-refractivity contribution in [2.75, 3.05) is 57.8 Å². The number of thiazole rings is 1. The average Bonchev–Trinajstić information content (AvgIpc) is 3.08. The van der Waals surface area contributed by atoms with Crippen LogP contribution in [0.4, 0.5) is 5.13 Å². The van der Waals surface area contributed by atoms with Gasteiger partial charge >= 0.3 is 0 Å². The van der Waals surface area contributed by atoms with Gasteiger partial charge in [0.05, 0.1) is 19.4 Å². The number of nitrogens with zero attached hydrogens (tertiary/aromatic N) is 3. The van der Waals surface area contributed by atoms with Gasteiger partial charge in [0.2, 0.25) is 0 Å². The molecule has 1 aliphatic rings. The molecule has 0 spiro atoms. The van der Waals surface area contributed by atoms with Crippen molar-refractivity contribution in [1.29, 1.82) is 0 Å². The number of morpholine rings is 1. The highest BCUT2D eigenvalue weighted by molar-refractivity contribution is 7.17. The van der Waals surface area contributed by atoms with Gasteiger partial charge < -0.3 is 15.4 Å². The standard InChI is InChI=1S/C18H33N5O2S/c1-14(2)23(15(3)4)8-6-19-17(24)16-13-21-18(26-16)20-5-7-22-9-11-25-12-10-22/h13-15H,5-12H2,1-4H3,(H,19,24)(H,20,21). The van der Waals surface area contributed by atoms with Crippen LogP contribution in [-0.4, -0.2) is 85.3 Å². The van der Waals surface area contributed by atoms with E-state index in [0.717, 1.165) is 51.1 Å². The highest BCUT2D eigenvalue weighted by Gasteiger charge is 2.15. The first kappa shape index (κ1) is 21.1. The van der Waals surface area contributed by atoms with Gasteiger partial charge in [-0.05, 0) is 27.7 Å². The van der Waals surface area contributed by atoms with Gasteiger partial charge in [-0.3, -0.25) is 14.6 Å². The summed E-state index contributed by atoms with van der Waals surface area (Å²) in [5.41, 5.74) is 0. The summed E-state index contributed by atoms with van der Waals surface area (Å²) >= 11 is 1.41. The first-order valence-corrected chi connectivity index (χ1v) is 10.3. The minimum atomic E-state index is -0.0452. The SMILES string of the molecule is CC(C)N(CCNC(=O)c1cnc(NCCN2CCOCC2)s1)C(C)C. The molecule has 1 amide bonds. The van der Waals surface area contributed by atoms with Crippen molar-refractivity contribution in [2.45, 2.75) is 39.8 Å². The maximum atomic E-state index is 12.3. The van der Waals surface area contributed by atoms with Gasteiger partial charge in [-0.1, -0.05) is 11.3 Å². The Hall–Kier alpha value is -1.22. The zero-order valence-corrected chi connectivity index (χ0v) is 17.3. The molecule has 1 aromatic rings. The molecule has 7 nitrogen and oxygen atoms in total. The molecule has 0 saturated carbocycles. The van der Waals surface area contributed by atoms with Crippen molar-refractivity contribution in [3.8, 4) is 0 Å². The predicted octanol–water partition coefficient (Wildman–Crippen LogP) is 1.74. The third kappa shape index (κ3) is 6.83. The van der Waals surface area contributed by atoms with E-state index >= 15 is 0 Å². The molecule has 0 atom stereocenters. The molecule has 1 saturated heterocycles. The molecule has 0 unspecified atom stereocenters. The molecule has 1 aliphatic heterocycles. The normalized spacial score (nSPS) is 15.8. The molecular formula is C18H33N5O2S. The Balaban J connectivity index is 1.69. The topological polar surface area (TPSA) is 69.7 Å². The summed E-state index contributed by atoms with van der Waals surface area (Å²) in [6.07, 6.45) is 1.65. The molecule has 1 aromatic heterocycles. The van der Waals surface area contributed by atoms with Crippen molar-refractivity contribution >= 4 is 22.4 Å². The van der Waals surface area contributed by atoms with E-state index in [4.69, 9.17) is 4.74 Å². The van der Waals surface area contributed by atoms with Crippen molar-refractivity contribution in [3.63, 3.8) is 0 Å². The Labute approximate surface area is 161 Å². The number of carbonyl (C=O) groups excluding carboxylic acids is 1. The predicted molar refractivity (Wildman–Crippen MR) is 107 cm³/mol. The quantitative estimate of drug-likeness (QED) is 0.641. The van der Waals surface area contributed by atoms with Crippen LogP contribution >= 0.6 is 11.3 Å². The Morgan fingerprint density at radius 3 is 2.62 bits per heavy atom. The number of carbonyl (C=O) groups is 1. The van der Waals surface area contributed by atoms with Crippen LogP contribution in [0, 0.1) is 0 Å². The minimum absolute atomic E-state index is 0.0452. The number of ether oxygens (including phenoxy) is 1. The van der Waals surface area contributed by atoms with E-state index in [2.05, 4.69) is 53.1 Å². The van der Waals surface area contributed by atoms with Crippen LogP contribution in [-0.2, 0) is 4.74 Å². The number of nitrogens with one attached hydrogen (secondary N) is 2. The lowest BCUT2D eigenvalue weighted by atomic mass is 10.2. The van der Waals surface area contributed by atoms with Crippen LogP contribution in [0.15, 0.2) is 6.20 Å². The number of anilines is 1. The van der Waals surface area contributed by atoms with Crippen LogP contribution in [0.1, 0.15) is 37.4 Å². The molecule has 148 valence electrons. The van der Waals surface area contributed by atoms with Gasteiger partial charge in [-0.2, -0.15) is 0 Å². The number of rotatable bonds is 10. The molecular weight excluding hydrogens is 350 g/mol. The Morgan fingerprint density at radius 1 is 1.27 bits per heavy atom. The first-order chi connectivity index (χ1) is 12.5. The van der Waals surface area contributed by atoms with Gasteiger partial charge in [0.15, 0.2) is 5.13 Å². The van der Waals surface area contributed by atoms with E-state index < -0.39 is 0 Å². The fourth-order valence-electron chi connectivity index (χ4n) is 3.10. The Morgan fingerprint density at radius 2 is 1.96 bits per heavy atom. The van der Waals surface area contributed by atoms with Crippen molar-refractivity contribution < 1.29 is 9.53 Å². The fraction of sp³-hybridized carbons (Fsp3) is 0.778. The molecule has 2 N–H and O–H groups in total. The van der Waals surface area contributed by atoms with E-state index in [-0.39, 0.29) is 5.91 Å². The maximum Gasteiger partial charge on any atom is 0.263 e. The summed E-state index contributed by atoms with van der Waals surface area (Å²) < 4.78 is 5.35. The Kier molecular flexibility index (Phi) is 8.77. The summed E-state index contributed by atoms with van der Waals surface area (Å²) in [6, 6.07) is 0.940. The lowest BCUT2D eigenvalue weighted by Gasteiger charge is -2.30. The zero-order chi connectivity index (χ0) is 18.9. The first-order valence-electron chi connectivity index (χ1n) is 9.51. The summed E-state index contributed by atoms with van der Waals surface area (Å²) in [5, 5.41) is 7.11. The van der Waals surface area contributed by atoms with Gasteiger partial charge in [-0.25, -0.2) is 4.98 Å². The highest BCUT2D eigenvalue weighted by atomic mass is 32.1. The van der Waals surface area contributed by atoms with Gasteiger partial charge in [-0.15, -0.1) is 0 Å². The lowest BCUT2D eigenvalue weighted by molar-refractivity contribution is 0.0398. The molecule has 0 aromatic carbocycles. The molecule has 8 heteroatoms. The molecule has 2 heterocycles. The zero-order valence-electron chi connectivity index (χ0n) is 16.5. The molecule has 2 rings (SSSR count).